The third-order valence-electron chi connectivity index (χ3n) is 21.1. The molecule has 0 aromatic heterocycles. The van der Waals surface area contributed by atoms with E-state index >= 15 is 0 Å². The number of unbranched alkanes of at least 4 members (excludes halogenated alkanes) is 50. The third-order valence-corrected chi connectivity index (χ3v) is 23.3. The Morgan fingerprint density at radius 1 is 0.258 bits per heavy atom. The summed E-state index contributed by atoms with van der Waals surface area (Å²) in [6.45, 7) is 22.8. The van der Waals surface area contributed by atoms with Gasteiger partial charge in [0.1, 0.15) is 0 Å². The van der Waals surface area contributed by atoms with Crippen LogP contribution in [0.5, 0.6) is 0 Å². The van der Waals surface area contributed by atoms with Crippen molar-refractivity contribution in [2.45, 2.75) is 477 Å². The van der Waals surface area contributed by atoms with E-state index in [0.29, 0.717) is 0 Å². The Kier molecular flexibility index (Phi) is 59.7. The number of rotatable bonds is 66. The zero-order valence-corrected chi connectivity index (χ0v) is 66.3. The van der Waals surface area contributed by atoms with Crippen LogP contribution in [0, 0.1) is 20.8 Å². The SMILES string of the molecule is CCCCCCCCCCCCCCCCCCCCCCC[CH2][Pd][CH2]CCCCCCCCCCCCCCCCCCCCCCC.CCCCCc1cc(C2=C(CCCC)C(CCCC)=C(c3cc(C)c(C)c(C)c3)[N+]2=[N-])cc(CCCCC)c1CCCCC. The molecule has 3 heteroatoms. The van der Waals surface area contributed by atoms with Crippen LogP contribution in [-0.2, 0) is 37.2 Å². The molecule has 2 aromatic rings. The Morgan fingerprint density at radius 2 is 0.484 bits per heavy atom. The maximum absolute atomic E-state index is 12.3. The van der Waals surface area contributed by atoms with Gasteiger partial charge in [0.2, 0.25) is 11.4 Å². The molecule has 0 saturated carbocycles. The van der Waals surface area contributed by atoms with Gasteiger partial charge in [0, 0.05) is 22.3 Å². The Labute approximate surface area is 592 Å². The first kappa shape index (κ1) is 87.3. The summed E-state index contributed by atoms with van der Waals surface area (Å²) in [5.41, 5.74) is 28.2. The molecule has 0 saturated heterocycles. The number of hydrogen-bond donors (Lipinski definition) is 0. The van der Waals surface area contributed by atoms with Crippen LogP contribution < -0.4 is 0 Å². The normalized spacial score (nSPS) is 12.6. The molecular formula is C90H162N2Pd. The smallest absolute Gasteiger partial charge is 0.493 e. The van der Waals surface area contributed by atoms with Crippen LogP contribution in [0.3, 0.4) is 0 Å². The summed E-state index contributed by atoms with van der Waals surface area (Å²) in [5.74, 6) is 0. The predicted molar refractivity (Wildman–Crippen MR) is 417 cm³/mol. The molecule has 0 N–H and O–H groups in total. The van der Waals surface area contributed by atoms with Gasteiger partial charge in [-0.1, -0.05) is 241 Å². The molecule has 0 radical (unpaired) electrons. The molecule has 0 unspecified atom stereocenters. The molecule has 3 rings (SSSR count). The van der Waals surface area contributed by atoms with Crippen molar-refractivity contribution in [1.82, 2.24) is 0 Å². The van der Waals surface area contributed by atoms with Gasteiger partial charge >= 0.3 is 169 Å². The van der Waals surface area contributed by atoms with E-state index in [1.54, 1.807) is 31.2 Å². The van der Waals surface area contributed by atoms with Crippen molar-refractivity contribution in [2.75, 3.05) is 0 Å². The van der Waals surface area contributed by atoms with Crippen LogP contribution in [0.25, 0.3) is 16.9 Å². The van der Waals surface area contributed by atoms with Gasteiger partial charge in [-0.15, -0.1) is 0 Å². The molecule has 542 valence electrons. The quantitative estimate of drug-likeness (QED) is 0.0358. The fourth-order valence-corrected chi connectivity index (χ4v) is 16.6. The minimum absolute atomic E-state index is 1.01. The van der Waals surface area contributed by atoms with E-state index in [-0.39, 0.29) is 0 Å². The number of allylic oxidation sites excluding steroid dienone is 2. The van der Waals surface area contributed by atoms with Crippen molar-refractivity contribution in [3.8, 4) is 0 Å². The van der Waals surface area contributed by atoms with Crippen LogP contribution in [-0.4, -0.2) is 4.70 Å². The van der Waals surface area contributed by atoms with E-state index in [9.17, 15) is 5.53 Å². The summed E-state index contributed by atoms with van der Waals surface area (Å²) >= 11 is 1.06. The molecule has 0 spiro atoms. The number of hydrogen-bond acceptors (Lipinski definition) is 0. The number of nitrogens with zero attached hydrogens (tertiary/aromatic N) is 2. The molecule has 2 aromatic carbocycles. The average molecular weight is 1380 g/mol. The standard InChI is InChI=1S/C42H64N2.2C24H49.Pd/c1-9-14-19-22-34-29-37(30-35(23-20-15-10-2)38(34)26-21-16-11-3)42-40(25-18-13-5)39(24-17-12-4)41(44(42)43)36-27-31(6)33(8)32(7)28-36;2*1-3-5-7-9-11-13-15-17-19-21-23-24-22-20-18-16-14-12-10-8-6-4-2;/h27-30H,9-26H2,1-8H3;2*1,3-24H2,2H3;. The van der Waals surface area contributed by atoms with Crippen LogP contribution in [0.2, 0.25) is 9.79 Å². The molecular weight excluding hydrogens is 1220 g/mol. The molecule has 0 bridgehead atoms. The Hall–Kier alpha value is -1.82. The van der Waals surface area contributed by atoms with Crippen LogP contribution in [0.4, 0.5) is 0 Å². The van der Waals surface area contributed by atoms with E-state index in [1.165, 1.54) is 380 Å². The molecule has 0 aliphatic carbocycles. The third kappa shape index (κ3) is 43.4. The zero-order valence-electron chi connectivity index (χ0n) is 64.8. The van der Waals surface area contributed by atoms with Gasteiger partial charge in [-0.3, -0.25) is 0 Å². The average Bonchev–Trinajstić information content (AvgIpc) is 1.62. The molecule has 0 fully saturated rings. The molecule has 1 aliphatic heterocycles. The topological polar surface area (TPSA) is 25.3 Å². The molecule has 1 heterocycles. The van der Waals surface area contributed by atoms with Crippen molar-refractivity contribution in [2.24, 2.45) is 0 Å². The fraction of sp³-hybridized carbons (Fsp3) is 0.822. The van der Waals surface area contributed by atoms with Gasteiger partial charge in [-0.2, -0.15) is 0 Å². The second kappa shape index (κ2) is 63.6. The van der Waals surface area contributed by atoms with Gasteiger partial charge < -0.3 is 5.53 Å². The Morgan fingerprint density at radius 3 is 0.753 bits per heavy atom. The summed E-state index contributed by atoms with van der Waals surface area (Å²) in [5, 5.41) is 0. The zero-order chi connectivity index (χ0) is 67.3. The molecule has 0 atom stereocenters. The summed E-state index contributed by atoms with van der Waals surface area (Å²) in [6, 6.07) is 9.60. The maximum atomic E-state index is 12.3. The summed E-state index contributed by atoms with van der Waals surface area (Å²) in [4.78, 5) is 3.10. The first-order valence-corrected chi connectivity index (χ1v) is 44.6. The summed E-state index contributed by atoms with van der Waals surface area (Å²) < 4.78 is 1.62. The molecule has 0 amide bonds. The van der Waals surface area contributed by atoms with Gasteiger partial charge in [0.15, 0.2) is 0 Å². The van der Waals surface area contributed by atoms with E-state index in [0.717, 1.165) is 86.3 Å². The first-order chi connectivity index (χ1) is 45.7. The van der Waals surface area contributed by atoms with E-state index in [1.807, 2.05) is 0 Å². The van der Waals surface area contributed by atoms with Crippen LogP contribution >= 0.6 is 0 Å². The fourth-order valence-electron chi connectivity index (χ4n) is 14.7. The minimum Gasteiger partial charge on any atom is -0.493 e. The minimum atomic E-state index is 1.01. The molecule has 1 aliphatic rings. The molecule has 93 heavy (non-hydrogen) atoms. The van der Waals surface area contributed by atoms with Crippen molar-refractivity contribution in [3.05, 3.63) is 85.5 Å². The second-order valence-corrected chi connectivity index (χ2v) is 32.2. The van der Waals surface area contributed by atoms with E-state index in [2.05, 4.69) is 93.5 Å². The van der Waals surface area contributed by atoms with Crippen molar-refractivity contribution in [1.29, 1.82) is 0 Å². The van der Waals surface area contributed by atoms with Crippen molar-refractivity contribution < 1.29 is 22.7 Å². The van der Waals surface area contributed by atoms with Gasteiger partial charge in [-0.05, 0) is 143 Å². The van der Waals surface area contributed by atoms with Gasteiger partial charge in [0.25, 0.3) is 0 Å². The second-order valence-electron chi connectivity index (χ2n) is 29.9. The number of benzene rings is 2. The van der Waals surface area contributed by atoms with Gasteiger partial charge in [-0.25, -0.2) is 4.70 Å². The van der Waals surface area contributed by atoms with E-state index < -0.39 is 0 Å². The molecule has 2 nitrogen and oxygen atoms in total. The van der Waals surface area contributed by atoms with Gasteiger partial charge in [0.05, 0.1) is 0 Å². The number of aryl methyl sites for hydroxylation is 4. The monoisotopic (exact) mass is 1380 g/mol. The van der Waals surface area contributed by atoms with Crippen LogP contribution in [0.1, 0.15) is 472 Å². The predicted octanol–water partition coefficient (Wildman–Crippen LogP) is 32.5. The summed E-state index contributed by atoms with van der Waals surface area (Å²) in [6.07, 6.45) is 87.0. The summed E-state index contributed by atoms with van der Waals surface area (Å²) in [7, 11) is 0. The van der Waals surface area contributed by atoms with Crippen LogP contribution in [0.15, 0.2) is 35.4 Å². The first-order valence-electron chi connectivity index (χ1n) is 42.4. The Bertz CT molecular complexity index is 2000. The van der Waals surface area contributed by atoms with Crippen molar-refractivity contribution in [3.63, 3.8) is 0 Å². The van der Waals surface area contributed by atoms with Crippen molar-refractivity contribution >= 4 is 11.4 Å². The van der Waals surface area contributed by atoms with E-state index in [4.69, 9.17) is 0 Å². The Balaban J connectivity index is 0.000000636.